The molecular formula is C20H21N5S. The molecule has 1 atom stereocenters. The van der Waals surface area contributed by atoms with Crippen LogP contribution in [0.3, 0.4) is 0 Å². The fourth-order valence-corrected chi connectivity index (χ4v) is 4.74. The highest BCUT2D eigenvalue weighted by molar-refractivity contribution is 7.22. The van der Waals surface area contributed by atoms with Crippen molar-refractivity contribution in [2.45, 2.75) is 12.5 Å². The number of nitrogens with zero attached hydrogens (tertiary/aromatic N) is 4. The number of benzene rings is 2. The number of thiazole rings is 1. The molecule has 1 fully saturated rings. The van der Waals surface area contributed by atoms with Crippen LogP contribution in [0.1, 0.15) is 6.42 Å². The maximum absolute atomic E-state index is 4.85. The molecule has 1 N–H and O–H groups in total. The molecule has 2 aromatic carbocycles. The molecule has 0 bridgehead atoms. The molecule has 26 heavy (non-hydrogen) atoms. The number of nitrogens with one attached hydrogen (secondary N) is 1. The molecule has 6 heteroatoms. The van der Waals surface area contributed by atoms with Crippen LogP contribution in [0.4, 0.5) is 5.13 Å². The zero-order valence-electron chi connectivity index (χ0n) is 14.9. The second-order valence-electron chi connectivity index (χ2n) is 7.01. The number of hydrogen-bond donors (Lipinski definition) is 1. The Morgan fingerprint density at radius 1 is 1.15 bits per heavy atom. The summed E-state index contributed by atoms with van der Waals surface area (Å²) in [5, 5.41) is 10.2. The highest BCUT2D eigenvalue weighted by Crippen LogP contribution is 2.33. The van der Waals surface area contributed by atoms with Gasteiger partial charge in [0.15, 0.2) is 5.13 Å². The van der Waals surface area contributed by atoms with Crippen molar-refractivity contribution in [2.75, 3.05) is 25.0 Å². The standard InChI is InChI=1S/C20H21N5S/c1-24-12-15-9-13(3-5-17(15)23-24)14-4-6-18-19(10-14)26-20(22-18)25(2)16-7-8-21-11-16/h3-6,9-10,12,16,21H,7-8,11H2,1-2H3. The molecule has 1 saturated heterocycles. The summed E-state index contributed by atoms with van der Waals surface area (Å²) >= 11 is 1.78. The average Bonchev–Trinajstić information content (AvgIpc) is 3.37. The Labute approximate surface area is 156 Å². The van der Waals surface area contributed by atoms with Gasteiger partial charge in [0.1, 0.15) is 0 Å². The molecule has 1 aliphatic heterocycles. The van der Waals surface area contributed by atoms with Crippen molar-refractivity contribution in [2.24, 2.45) is 7.05 Å². The summed E-state index contributed by atoms with van der Waals surface area (Å²) in [7, 11) is 4.12. The maximum atomic E-state index is 4.85. The van der Waals surface area contributed by atoms with E-state index in [2.05, 4.69) is 65.0 Å². The van der Waals surface area contributed by atoms with Gasteiger partial charge in [0.2, 0.25) is 0 Å². The number of rotatable bonds is 3. The Bertz CT molecular complexity index is 1090. The van der Waals surface area contributed by atoms with Gasteiger partial charge in [-0.1, -0.05) is 23.5 Å². The van der Waals surface area contributed by atoms with Crippen molar-refractivity contribution in [1.29, 1.82) is 0 Å². The van der Waals surface area contributed by atoms with Gasteiger partial charge in [0.25, 0.3) is 0 Å². The van der Waals surface area contributed by atoms with Crippen LogP contribution in [0, 0.1) is 0 Å². The summed E-state index contributed by atoms with van der Waals surface area (Å²) in [5.74, 6) is 0. The van der Waals surface area contributed by atoms with Gasteiger partial charge in [-0.15, -0.1) is 0 Å². The summed E-state index contributed by atoms with van der Waals surface area (Å²) < 4.78 is 3.10. The van der Waals surface area contributed by atoms with Gasteiger partial charge in [-0.05, 0) is 48.4 Å². The average molecular weight is 363 g/mol. The summed E-state index contributed by atoms with van der Waals surface area (Å²) in [6, 6.07) is 13.6. The van der Waals surface area contributed by atoms with Crippen LogP contribution < -0.4 is 10.2 Å². The van der Waals surface area contributed by atoms with E-state index in [0.717, 1.165) is 29.3 Å². The third-order valence-corrected chi connectivity index (χ3v) is 6.32. The number of hydrogen-bond acceptors (Lipinski definition) is 5. The first-order valence-electron chi connectivity index (χ1n) is 8.95. The van der Waals surface area contributed by atoms with Gasteiger partial charge >= 0.3 is 0 Å². The molecule has 0 saturated carbocycles. The van der Waals surface area contributed by atoms with Crippen molar-refractivity contribution >= 4 is 37.6 Å². The predicted molar refractivity (Wildman–Crippen MR) is 109 cm³/mol. The lowest BCUT2D eigenvalue weighted by Gasteiger charge is -2.22. The number of anilines is 1. The minimum atomic E-state index is 0.544. The lowest BCUT2D eigenvalue weighted by molar-refractivity contribution is 0.684. The summed E-state index contributed by atoms with van der Waals surface area (Å²) in [5.41, 5.74) is 4.55. The fraction of sp³-hybridized carbons (Fsp3) is 0.300. The smallest absolute Gasteiger partial charge is 0.186 e. The van der Waals surface area contributed by atoms with Gasteiger partial charge < -0.3 is 10.2 Å². The fourth-order valence-electron chi connectivity index (χ4n) is 3.70. The summed E-state index contributed by atoms with van der Waals surface area (Å²) in [4.78, 5) is 7.17. The topological polar surface area (TPSA) is 46.0 Å². The maximum Gasteiger partial charge on any atom is 0.186 e. The molecule has 132 valence electrons. The van der Waals surface area contributed by atoms with E-state index in [0.29, 0.717) is 6.04 Å². The summed E-state index contributed by atoms with van der Waals surface area (Å²) in [6.07, 6.45) is 3.25. The summed E-state index contributed by atoms with van der Waals surface area (Å²) in [6.45, 7) is 2.14. The Kier molecular flexibility index (Phi) is 3.69. The highest BCUT2D eigenvalue weighted by Gasteiger charge is 2.21. The minimum Gasteiger partial charge on any atom is -0.347 e. The zero-order valence-corrected chi connectivity index (χ0v) is 15.8. The van der Waals surface area contributed by atoms with Crippen LogP contribution >= 0.6 is 11.3 Å². The second kappa shape index (κ2) is 6.07. The first kappa shape index (κ1) is 15.8. The van der Waals surface area contributed by atoms with Crippen LogP contribution in [0.5, 0.6) is 0 Å². The SMILES string of the molecule is CN(c1nc2ccc(-c3ccc4nn(C)cc4c3)cc2s1)C1CCNC1. The second-order valence-corrected chi connectivity index (χ2v) is 8.02. The quantitative estimate of drug-likeness (QED) is 0.604. The molecular weight excluding hydrogens is 342 g/mol. The van der Waals surface area contributed by atoms with Crippen molar-refractivity contribution in [3.63, 3.8) is 0 Å². The minimum absolute atomic E-state index is 0.544. The van der Waals surface area contributed by atoms with Crippen LogP contribution in [0.2, 0.25) is 0 Å². The van der Waals surface area contributed by atoms with Gasteiger partial charge in [-0.3, -0.25) is 4.68 Å². The monoisotopic (exact) mass is 363 g/mol. The Balaban J connectivity index is 1.52. The third-order valence-electron chi connectivity index (χ3n) is 5.21. The van der Waals surface area contributed by atoms with Gasteiger partial charge in [0, 0.05) is 38.3 Å². The predicted octanol–water partition coefficient (Wildman–Crippen LogP) is 3.65. The van der Waals surface area contributed by atoms with E-state index in [1.54, 1.807) is 11.3 Å². The highest BCUT2D eigenvalue weighted by atomic mass is 32.1. The molecule has 4 aromatic rings. The molecule has 0 radical (unpaired) electrons. The Morgan fingerprint density at radius 2 is 1.96 bits per heavy atom. The number of fused-ring (bicyclic) bond motifs is 2. The van der Waals surface area contributed by atoms with Crippen molar-refractivity contribution in [1.82, 2.24) is 20.1 Å². The van der Waals surface area contributed by atoms with Crippen LogP contribution in [-0.2, 0) is 7.05 Å². The molecule has 5 rings (SSSR count). The molecule has 3 heterocycles. The normalized spacial score (nSPS) is 17.4. The number of aromatic nitrogens is 3. The first-order chi connectivity index (χ1) is 12.7. The van der Waals surface area contributed by atoms with Crippen LogP contribution in [0.25, 0.3) is 32.2 Å². The van der Waals surface area contributed by atoms with E-state index in [4.69, 9.17) is 4.98 Å². The van der Waals surface area contributed by atoms with E-state index in [-0.39, 0.29) is 0 Å². The zero-order chi connectivity index (χ0) is 17.7. The third kappa shape index (κ3) is 2.66. The molecule has 2 aromatic heterocycles. The van der Waals surface area contributed by atoms with E-state index < -0.39 is 0 Å². The van der Waals surface area contributed by atoms with Crippen molar-refractivity contribution in [3.8, 4) is 11.1 Å². The Hall–Kier alpha value is -2.44. The molecule has 0 spiro atoms. The van der Waals surface area contributed by atoms with Gasteiger partial charge in [-0.25, -0.2) is 4.98 Å². The molecule has 1 aliphatic rings. The van der Waals surface area contributed by atoms with Gasteiger partial charge in [0.05, 0.1) is 15.7 Å². The van der Waals surface area contributed by atoms with Gasteiger partial charge in [-0.2, -0.15) is 5.10 Å². The van der Waals surface area contributed by atoms with E-state index >= 15 is 0 Å². The van der Waals surface area contributed by atoms with E-state index in [1.165, 1.54) is 27.6 Å². The lowest BCUT2D eigenvalue weighted by atomic mass is 10.0. The number of likely N-dealkylation sites (N-methyl/N-ethyl adjacent to an activating group) is 1. The molecule has 1 unspecified atom stereocenters. The Morgan fingerprint density at radius 3 is 2.77 bits per heavy atom. The molecule has 0 aliphatic carbocycles. The van der Waals surface area contributed by atoms with Crippen molar-refractivity contribution < 1.29 is 0 Å². The first-order valence-corrected chi connectivity index (χ1v) is 9.77. The largest absolute Gasteiger partial charge is 0.347 e. The molecule has 0 amide bonds. The lowest BCUT2D eigenvalue weighted by Crippen LogP contribution is -2.33. The molecule has 5 nitrogen and oxygen atoms in total. The number of aryl methyl sites for hydroxylation is 1. The van der Waals surface area contributed by atoms with E-state index in [9.17, 15) is 0 Å². The van der Waals surface area contributed by atoms with E-state index in [1.807, 2.05) is 11.7 Å². The van der Waals surface area contributed by atoms with Crippen LogP contribution in [0.15, 0.2) is 42.6 Å². The van der Waals surface area contributed by atoms with Crippen LogP contribution in [-0.4, -0.2) is 40.9 Å². The van der Waals surface area contributed by atoms with Crippen molar-refractivity contribution in [3.05, 3.63) is 42.6 Å².